The second kappa shape index (κ2) is 10.6. The minimum absolute atomic E-state index is 0.0959. The van der Waals surface area contributed by atoms with Crippen molar-refractivity contribution >= 4 is 29.1 Å². The van der Waals surface area contributed by atoms with Crippen molar-refractivity contribution in [1.82, 2.24) is 14.7 Å². The average molecular weight is 499 g/mol. The number of carbonyl (C=O) groups is 2. The summed E-state index contributed by atoms with van der Waals surface area (Å²) in [5.41, 5.74) is 0.677. The van der Waals surface area contributed by atoms with Crippen LogP contribution in [0.1, 0.15) is 35.7 Å². The zero-order valence-electron chi connectivity index (χ0n) is 20.8. The molecular formula is C27H35ClN4O3. The van der Waals surface area contributed by atoms with Crippen LogP contribution in [0, 0.1) is 0 Å². The molecular weight excluding hydrogens is 464 g/mol. The molecule has 2 amide bonds. The van der Waals surface area contributed by atoms with E-state index in [1.54, 1.807) is 38.1 Å². The van der Waals surface area contributed by atoms with Gasteiger partial charge in [0.1, 0.15) is 0 Å². The number of aliphatic hydroxyl groups is 1. The quantitative estimate of drug-likeness (QED) is 0.686. The molecule has 7 nitrogen and oxygen atoms in total. The molecule has 0 bridgehead atoms. The van der Waals surface area contributed by atoms with Crippen molar-refractivity contribution in [3.05, 3.63) is 64.7 Å². The highest BCUT2D eigenvalue weighted by Crippen LogP contribution is 2.28. The van der Waals surface area contributed by atoms with Crippen LogP contribution in [0.2, 0.25) is 5.02 Å². The Morgan fingerprint density at radius 2 is 1.60 bits per heavy atom. The summed E-state index contributed by atoms with van der Waals surface area (Å²) in [7, 11) is 3.44. The highest BCUT2D eigenvalue weighted by molar-refractivity contribution is 6.34. The number of piperazine rings is 1. The van der Waals surface area contributed by atoms with Crippen molar-refractivity contribution in [2.45, 2.75) is 31.4 Å². The normalized spacial score (nSPS) is 19.3. The molecule has 0 spiro atoms. The lowest BCUT2D eigenvalue weighted by Crippen LogP contribution is -2.55. The molecule has 0 saturated carbocycles. The highest BCUT2D eigenvalue weighted by Gasteiger charge is 2.38. The summed E-state index contributed by atoms with van der Waals surface area (Å²) >= 11 is 6.41. The summed E-state index contributed by atoms with van der Waals surface area (Å²) < 4.78 is 0. The first-order valence-corrected chi connectivity index (χ1v) is 12.6. The Morgan fingerprint density at radius 3 is 2.17 bits per heavy atom. The number of hydrogen-bond donors (Lipinski definition) is 1. The number of likely N-dealkylation sites (tertiary alicyclic amines) is 1. The van der Waals surface area contributed by atoms with Gasteiger partial charge in [-0.15, -0.1) is 0 Å². The molecule has 8 heteroatoms. The van der Waals surface area contributed by atoms with E-state index in [2.05, 4.69) is 9.80 Å². The van der Waals surface area contributed by atoms with Gasteiger partial charge in [-0.1, -0.05) is 41.9 Å². The molecule has 0 radical (unpaired) electrons. The fraction of sp³-hybridized carbons (Fsp3) is 0.481. The van der Waals surface area contributed by atoms with Gasteiger partial charge >= 0.3 is 0 Å². The lowest BCUT2D eigenvalue weighted by atomic mass is 9.92. The van der Waals surface area contributed by atoms with Gasteiger partial charge in [0.25, 0.3) is 11.8 Å². The van der Waals surface area contributed by atoms with Gasteiger partial charge in [0.2, 0.25) is 0 Å². The smallest absolute Gasteiger partial charge is 0.258 e. The highest BCUT2D eigenvalue weighted by atomic mass is 35.5. The van der Waals surface area contributed by atoms with Gasteiger partial charge in [-0.2, -0.15) is 0 Å². The molecule has 2 saturated heterocycles. The molecule has 1 N–H and O–H groups in total. The van der Waals surface area contributed by atoms with Gasteiger partial charge in [0.15, 0.2) is 5.60 Å². The fourth-order valence-corrected chi connectivity index (χ4v) is 5.34. The summed E-state index contributed by atoms with van der Waals surface area (Å²) in [6, 6.07) is 15.3. The molecule has 2 heterocycles. The van der Waals surface area contributed by atoms with Crippen LogP contribution in [-0.2, 0) is 10.4 Å². The van der Waals surface area contributed by atoms with E-state index in [1.165, 1.54) is 4.90 Å². The van der Waals surface area contributed by atoms with Crippen LogP contribution in [0.3, 0.4) is 0 Å². The maximum Gasteiger partial charge on any atom is 0.258 e. The van der Waals surface area contributed by atoms with Crippen molar-refractivity contribution in [2.24, 2.45) is 0 Å². The lowest BCUT2D eigenvalue weighted by Gasteiger charge is -2.44. The van der Waals surface area contributed by atoms with Crippen LogP contribution in [-0.4, -0.2) is 91.0 Å². The largest absolute Gasteiger partial charge is 0.376 e. The summed E-state index contributed by atoms with van der Waals surface area (Å²) in [4.78, 5) is 33.5. The van der Waals surface area contributed by atoms with E-state index < -0.39 is 5.60 Å². The molecule has 188 valence electrons. The van der Waals surface area contributed by atoms with E-state index in [-0.39, 0.29) is 11.8 Å². The number of nitrogens with zero attached hydrogens (tertiary/aromatic N) is 4. The van der Waals surface area contributed by atoms with E-state index in [4.69, 9.17) is 11.6 Å². The number of benzene rings is 2. The Bertz CT molecular complexity index is 1040. The molecule has 1 atom stereocenters. The lowest BCUT2D eigenvalue weighted by molar-refractivity contribution is -0.152. The number of hydrogen-bond acceptors (Lipinski definition) is 5. The number of anilines is 1. The van der Waals surface area contributed by atoms with Crippen LogP contribution in [0.25, 0.3) is 0 Å². The standard InChI is InChI=1S/C27H35ClN4O3/c1-27(35,20-7-5-4-6-8-20)26(34)32-13-11-21(12-14-32)30-15-17-31(18-16-30)22-9-10-23(24(28)19-22)25(33)29(2)3/h4-10,19,21,35H,11-18H2,1-3H3/t27-/m1/s1. The first kappa shape index (κ1) is 25.5. The Balaban J connectivity index is 1.29. The Morgan fingerprint density at radius 1 is 0.971 bits per heavy atom. The van der Waals surface area contributed by atoms with Gasteiger partial charge in [0, 0.05) is 65.1 Å². The second-order valence-electron chi connectivity index (χ2n) is 9.85. The minimum Gasteiger partial charge on any atom is -0.376 e. The van der Waals surface area contributed by atoms with Crippen molar-refractivity contribution < 1.29 is 14.7 Å². The topological polar surface area (TPSA) is 67.3 Å². The predicted octanol–water partition coefficient (Wildman–Crippen LogP) is 3.06. The van der Waals surface area contributed by atoms with E-state index >= 15 is 0 Å². The Hall–Kier alpha value is -2.61. The molecule has 0 unspecified atom stereocenters. The SMILES string of the molecule is CN(C)C(=O)c1ccc(N2CCN(C3CCN(C(=O)[C@](C)(O)c4ccccc4)CC3)CC2)cc1Cl. The van der Waals surface area contributed by atoms with Gasteiger partial charge in [-0.3, -0.25) is 14.5 Å². The molecule has 2 fully saturated rings. The average Bonchev–Trinajstić information content (AvgIpc) is 2.88. The molecule has 2 aliphatic rings. The number of halogens is 1. The van der Waals surface area contributed by atoms with Crippen molar-refractivity contribution in [2.75, 3.05) is 58.3 Å². The van der Waals surface area contributed by atoms with Gasteiger partial charge in [-0.05, 0) is 43.5 Å². The summed E-state index contributed by atoms with van der Waals surface area (Å²) in [5.74, 6) is -0.318. The predicted molar refractivity (Wildman–Crippen MR) is 139 cm³/mol. The van der Waals surface area contributed by atoms with E-state index in [0.717, 1.165) is 44.7 Å². The van der Waals surface area contributed by atoms with E-state index in [9.17, 15) is 14.7 Å². The molecule has 0 aliphatic carbocycles. The van der Waals surface area contributed by atoms with Gasteiger partial charge in [0.05, 0.1) is 10.6 Å². The van der Waals surface area contributed by atoms with Crippen LogP contribution in [0.4, 0.5) is 5.69 Å². The monoisotopic (exact) mass is 498 g/mol. The zero-order valence-corrected chi connectivity index (χ0v) is 21.5. The van der Waals surface area contributed by atoms with Gasteiger partial charge in [-0.25, -0.2) is 0 Å². The van der Waals surface area contributed by atoms with Crippen molar-refractivity contribution in [1.29, 1.82) is 0 Å². The van der Waals surface area contributed by atoms with E-state index in [1.807, 2.05) is 36.4 Å². The summed E-state index contributed by atoms with van der Waals surface area (Å²) in [6.45, 7) is 6.56. The van der Waals surface area contributed by atoms with E-state index in [0.29, 0.717) is 35.3 Å². The maximum absolute atomic E-state index is 13.1. The second-order valence-corrected chi connectivity index (χ2v) is 10.3. The Kier molecular flexibility index (Phi) is 7.69. The van der Waals surface area contributed by atoms with Crippen molar-refractivity contribution in [3.8, 4) is 0 Å². The molecule has 2 aromatic carbocycles. The summed E-state index contributed by atoms with van der Waals surface area (Å²) in [6.07, 6.45) is 1.81. The molecule has 4 rings (SSSR count). The van der Waals surface area contributed by atoms with Crippen LogP contribution < -0.4 is 4.90 Å². The first-order valence-electron chi connectivity index (χ1n) is 12.3. The number of rotatable bonds is 5. The zero-order chi connectivity index (χ0) is 25.2. The van der Waals surface area contributed by atoms with Crippen LogP contribution >= 0.6 is 11.6 Å². The number of amides is 2. The molecule has 2 aliphatic heterocycles. The van der Waals surface area contributed by atoms with Crippen molar-refractivity contribution in [3.63, 3.8) is 0 Å². The third kappa shape index (κ3) is 5.47. The summed E-state index contributed by atoms with van der Waals surface area (Å²) in [5, 5.41) is 11.4. The fourth-order valence-electron chi connectivity index (χ4n) is 5.09. The number of piperidine rings is 1. The molecule has 2 aromatic rings. The molecule has 0 aromatic heterocycles. The first-order chi connectivity index (χ1) is 16.7. The van der Waals surface area contributed by atoms with Crippen LogP contribution in [0.15, 0.2) is 48.5 Å². The third-order valence-corrected chi connectivity index (χ3v) is 7.60. The third-order valence-electron chi connectivity index (χ3n) is 7.29. The van der Waals surface area contributed by atoms with Gasteiger partial charge < -0.3 is 19.8 Å². The van der Waals surface area contributed by atoms with Crippen LogP contribution in [0.5, 0.6) is 0 Å². The number of carbonyl (C=O) groups excluding carboxylic acids is 2. The maximum atomic E-state index is 13.1. The Labute approximate surface area is 212 Å². The molecule has 35 heavy (non-hydrogen) atoms. The minimum atomic E-state index is -1.51.